The van der Waals surface area contributed by atoms with E-state index in [1.165, 1.54) is 0 Å². The van der Waals surface area contributed by atoms with Crippen LogP contribution in [0.5, 0.6) is 5.75 Å². The van der Waals surface area contributed by atoms with Crippen LogP contribution in [0.2, 0.25) is 0 Å². The molecule has 1 atom stereocenters. The maximum atomic E-state index is 13.1. The van der Waals surface area contributed by atoms with Gasteiger partial charge in [0.15, 0.2) is 5.65 Å². The fraction of sp³-hybridized carbons (Fsp3) is 0.478. The van der Waals surface area contributed by atoms with Gasteiger partial charge in [-0.05, 0) is 61.6 Å². The van der Waals surface area contributed by atoms with E-state index in [2.05, 4.69) is 23.4 Å². The number of ether oxygens (including phenoxy) is 1. The molecule has 0 bridgehead atoms. The lowest BCUT2D eigenvalue weighted by molar-refractivity contribution is 0.340. The second-order valence-electron chi connectivity index (χ2n) is 8.50. The first-order chi connectivity index (χ1) is 14.9. The van der Waals surface area contributed by atoms with E-state index in [-0.39, 0.29) is 5.92 Å². The Kier molecular flexibility index (Phi) is 6.29. The maximum absolute atomic E-state index is 13.1. The number of benzene rings is 1. The molecular weight excluding hydrogens is 412 g/mol. The first kappa shape index (κ1) is 21.8. The van der Waals surface area contributed by atoms with Crippen LogP contribution in [-0.4, -0.2) is 47.0 Å². The Balaban J connectivity index is 1.50. The van der Waals surface area contributed by atoms with E-state index in [1.807, 2.05) is 19.1 Å². The second-order valence-corrected chi connectivity index (χ2v) is 10.4. The van der Waals surface area contributed by atoms with E-state index >= 15 is 0 Å². The van der Waals surface area contributed by atoms with Crippen LogP contribution in [0.25, 0.3) is 11.2 Å². The number of imidazole rings is 1. The predicted octanol–water partition coefficient (Wildman–Crippen LogP) is 3.74. The monoisotopic (exact) mass is 442 g/mol. The van der Waals surface area contributed by atoms with Crippen molar-refractivity contribution in [3.63, 3.8) is 0 Å². The molecule has 1 fully saturated rings. The molecule has 8 heteroatoms. The van der Waals surface area contributed by atoms with Crippen molar-refractivity contribution in [3.05, 3.63) is 48.4 Å². The second kappa shape index (κ2) is 8.96. The lowest BCUT2D eigenvalue weighted by atomic mass is 10.0. The highest BCUT2D eigenvalue weighted by atomic mass is 32.2. The molecule has 0 amide bonds. The summed E-state index contributed by atoms with van der Waals surface area (Å²) in [5.41, 5.74) is 1.80. The molecule has 0 radical (unpaired) electrons. The molecule has 4 rings (SSSR count). The van der Waals surface area contributed by atoms with E-state index in [0.717, 1.165) is 36.4 Å². The molecule has 0 unspecified atom stereocenters. The topological polar surface area (TPSA) is 77.3 Å². The zero-order valence-electron chi connectivity index (χ0n) is 18.4. The van der Waals surface area contributed by atoms with Crippen molar-refractivity contribution in [3.8, 4) is 5.75 Å². The predicted molar refractivity (Wildman–Crippen MR) is 121 cm³/mol. The Morgan fingerprint density at radius 3 is 2.68 bits per heavy atom. The molecule has 0 saturated carbocycles. The number of pyridine rings is 1. The number of sulfonamides is 1. The molecule has 1 aliphatic heterocycles. The highest BCUT2D eigenvalue weighted by molar-refractivity contribution is 7.89. The molecule has 1 saturated heterocycles. The van der Waals surface area contributed by atoms with E-state index in [4.69, 9.17) is 9.72 Å². The molecule has 1 aromatic carbocycles. The van der Waals surface area contributed by atoms with Gasteiger partial charge < -0.3 is 9.30 Å². The van der Waals surface area contributed by atoms with E-state index in [1.54, 1.807) is 34.8 Å². The third-order valence-electron chi connectivity index (χ3n) is 5.62. The Labute approximate surface area is 184 Å². The van der Waals surface area contributed by atoms with Crippen LogP contribution >= 0.6 is 0 Å². The summed E-state index contributed by atoms with van der Waals surface area (Å²) in [5.74, 6) is 2.38. The van der Waals surface area contributed by atoms with Crippen LogP contribution in [0.4, 0.5) is 0 Å². The number of nitrogens with zero attached hydrogens (tertiary/aromatic N) is 4. The molecule has 2 aromatic heterocycles. The van der Waals surface area contributed by atoms with Crippen molar-refractivity contribution in [1.29, 1.82) is 0 Å². The molecule has 0 spiro atoms. The van der Waals surface area contributed by atoms with Gasteiger partial charge in [0.25, 0.3) is 0 Å². The summed E-state index contributed by atoms with van der Waals surface area (Å²) in [6.45, 7) is 8.70. The molecule has 7 nitrogen and oxygen atoms in total. The van der Waals surface area contributed by atoms with Crippen molar-refractivity contribution in [2.24, 2.45) is 11.8 Å². The van der Waals surface area contributed by atoms with Crippen LogP contribution in [0.15, 0.2) is 47.5 Å². The molecule has 0 aliphatic carbocycles. The van der Waals surface area contributed by atoms with Gasteiger partial charge in [-0.3, -0.25) is 0 Å². The molecule has 3 aromatic rings. The molecule has 31 heavy (non-hydrogen) atoms. The van der Waals surface area contributed by atoms with Gasteiger partial charge in [-0.25, -0.2) is 18.4 Å². The Hall–Kier alpha value is -2.45. The molecule has 0 N–H and O–H groups in total. The summed E-state index contributed by atoms with van der Waals surface area (Å²) in [6, 6.07) is 10.6. The maximum Gasteiger partial charge on any atom is 0.243 e. The van der Waals surface area contributed by atoms with Crippen molar-refractivity contribution in [1.82, 2.24) is 18.8 Å². The summed E-state index contributed by atoms with van der Waals surface area (Å²) >= 11 is 0. The van der Waals surface area contributed by atoms with Gasteiger partial charge in [0.05, 0.1) is 11.5 Å². The average molecular weight is 443 g/mol. The normalized spacial score (nSPS) is 17.6. The highest BCUT2D eigenvalue weighted by Crippen LogP contribution is 2.28. The number of rotatable bonds is 8. The molecule has 3 heterocycles. The first-order valence-corrected chi connectivity index (χ1v) is 12.4. The summed E-state index contributed by atoms with van der Waals surface area (Å²) in [5, 5.41) is 0. The van der Waals surface area contributed by atoms with E-state index in [0.29, 0.717) is 36.3 Å². The van der Waals surface area contributed by atoms with Crippen LogP contribution in [0, 0.1) is 11.8 Å². The van der Waals surface area contributed by atoms with Crippen molar-refractivity contribution in [2.45, 2.75) is 45.1 Å². The fourth-order valence-electron chi connectivity index (χ4n) is 4.18. The molecular formula is C23H30N4O3S. The van der Waals surface area contributed by atoms with Gasteiger partial charge in [0.1, 0.15) is 17.1 Å². The lowest BCUT2D eigenvalue weighted by Crippen LogP contribution is -2.29. The minimum Gasteiger partial charge on any atom is -0.494 e. The first-order valence-electron chi connectivity index (χ1n) is 10.9. The van der Waals surface area contributed by atoms with Gasteiger partial charge >= 0.3 is 0 Å². The third kappa shape index (κ3) is 4.60. The molecule has 166 valence electrons. The Bertz CT molecular complexity index is 1140. The smallest absolute Gasteiger partial charge is 0.243 e. The Morgan fingerprint density at radius 1 is 1.19 bits per heavy atom. The highest BCUT2D eigenvalue weighted by Gasteiger charge is 2.33. The summed E-state index contributed by atoms with van der Waals surface area (Å²) < 4.78 is 35.4. The van der Waals surface area contributed by atoms with Crippen LogP contribution in [0.3, 0.4) is 0 Å². The summed E-state index contributed by atoms with van der Waals surface area (Å²) in [6.07, 6.45) is 3.37. The standard InChI is InChI=1S/C23H30N4O3S/c1-4-30-19-7-9-20(10-8-19)31(28,29)26-13-11-18(16-26)14-22-25-21-6-5-12-24-23(21)27(22)15-17(2)3/h5-10,12,17-18H,4,11,13-16H2,1-3H3/t18-/m0/s1. The van der Waals surface area contributed by atoms with E-state index < -0.39 is 10.0 Å². The minimum absolute atomic E-state index is 0.236. The van der Waals surface area contributed by atoms with Gasteiger partial charge in [-0.2, -0.15) is 4.31 Å². The zero-order chi connectivity index (χ0) is 22.0. The number of fused-ring (bicyclic) bond motifs is 1. The van der Waals surface area contributed by atoms with Gasteiger partial charge in [-0.15, -0.1) is 0 Å². The van der Waals surface area contributed by atoms with Crippen LogP contribution < -0.4 is 4.74 Å². The number of hydrogen-bond donors (Lipinski definition) is 0. The van der Waals surface area contributed by atoms with E-state index in [9.17, 15) is 8.42 Å². The summed E-state index contributed by atoms with van der Waals surface area (Å²) in [4.78, 5) is 9.66. The van der Waals surface area contributed by atoms with Gasteiger partial charge in [0.2, 0.25) is 10.0 Å². The van der Waals surface area contributed by atoms with Gasteiger partial charge in [-0.1, -0.05) is 13.8 Å². The number of aromatic nitrogens is 3. The van der Waals surface area contributed by atoms with Crippen molar-refractivity contribution < 1.29 is 13.2 Å². The van der Waals surface area contributed by atoms with Gasteiger partial charge in [0, 0.05) is 32.3 Å². The van der Waals surface area contributed by atoms with Crippen LogP contribution in [-0.2, 0) is 23.0 Å². The third-order valence-corrected chi connectivity index (χ3v) is 7.50. The van der Waals surface area contributed by atoms with Crippen molar-refractivity contribution in [2.75, 3.05) is 19.7 Å². The van der Waals surface area contributed by atoms with Crippen LogP contribution in [0.1, 0.15) is 33.0 Å². The van der Waals surface area contributed by atoms with Crippen molar-refractivity contribution >= 4 is 21.2 Å². The average Bonchev–Trinajstić information content (AvgIpc) is 3.34. The largest absolute Gasteiger partial charge is 0.494 e. The number of hydrogen-bond acceptors (Lipinski definition) is 5. The zero-order valence-corrected chi connectivity index (χ0v) is 19.2. The lowest BCUT2D eigenvalue weighted by Gasteiger charge is -2.17. The Morgan fingerprint density at radius 2 is 1.97 bits per heavy atom. The summed E-state index contributed by atoms with van der Waals surface area (Å²) in [7, 11) is -3.51. The fourth-order valence-corrected chi connectivity index (χ4v) is 5.71. The minimum atomic E-state index is -3.51. The molecule has 1 aliphatic rings. The SMILES string of the molecule is CCOc1ccc(S(=O)(=O)N2CC[C@@H](Cc3nc4cccnc4n3CC(C)C)C2)cc1. The quantitative estimate of drug-likeness (QED) is 0.531.